The van der Waals surface area contributed by atoms with Gasteiger partial charge in [0.1, 0.15) is 18.0 Å². The molecular weight excluding hydrogens is 346 g/mol. The van der Waals surface area contributed by atoms with E-state index in [0.29, 0.717) is 37.6 Å². The molecule has 1 atom stereocenters. The summed E-state index contributed by atoms with van der Waals surface area (Å²) in [4.78, 5) is 26.1. The van der Waals surface area contributed by atoms with Crippen molar-refractivity contribution in [3.8, 4) is 5.75 Å². The van der Waals surface area contributed by atoms with Crippen LogP contribution in [-0.4, -0.2) is 37.4 Å². The van der Waals surface area contributed by atoms with Crippen LogP contribution in [-0.2, 0) is 14.3 Å². The van der Waals surface area contributed by atoms with Crippen molar-refractivity contribution < 1.29 is 23.8 Å². The van der Waals surface area contributed by atoms with Gasteiger partial charge in [-0.3, -0.25) is 9.69 Å². The van der Waals surface area contributed by atoms with E-state index in [1.54, 1.807) is 11.8 Å². The number of hydrogen-bond acceptors (Lipinski definition) is 5. The molecule has 0 fully saturated rings. The molecule has 0 saturated heterocycles. The maximum atomic E-state index is 12.5. The van der Waals surface area contributed by atoms with Gasteiger partial charge in [-0.15, -0.1) is 0 Å². The molecule has 2 rings (SSSR count). The number of amides is 1. The Morgan fingerprint density at radius 2 is 1.96 bits per heavy atom. The molecule has 0 aromatic heterocycles. The fraction of sp³-hybridized carbons (Fsp3) is 0.619. The van der Waals surface area contributed by atoms with E-state index in [1.807, 2.05) is 39.0 Å². The molecule has 0 N–H and O–H groups in total. The first-order valence-corrected chi connectivity index (χ1v) is 9.55. The van der Waals surface area contributed by atoms with Crippen molar-refractivity contribution in [3.63, 3.8) is 0 Å². The van der Waals surface area contributed by atoms with E-state index in [9.17, 15) is 9.59 Å². The van der Waals surface area contributed by atoms with Crippen molar-refractivity contribution in [2.45, 2.75) is 59.5 Å². The average molecular weight is 377 g/mol. The Kier molecular flexibility index (Phi) is 6.73. The fourth-order valence-electron chi connectivity index (χ4n) is 3.11. The summed E-state index contributed by atoms with van der Waals surface area (Å²) in [6.07, 6.45) is -0.0631. The number of ether oxygens (including phenoxy) is 3. The molecule has 27 heavy (non-hydrogen) atoms. The Hall–Kier alpha value is -2.24. The quantitative estimate of drug-likeness (QED) is 0.706. The van der Waals surface area contributed by atoms with Crippen LogP contribution < -0.4 is 9.64 Å². The number of carbonyl (C=O) groups excluding carboxylic acids is 2. The van der Waals surface area contributed by atoms with Crippen molar-refractivity contribution >= 4 is 17.7 Å². The lowest BCUT2D eigenvalue weighted by Gasteiger charge is -2.32. The number of fused-ring (bicyclic) bond motifs is 1. The SMILES string of the molecule is CCOC(=O)C[C@@H](c1ccc2c(c1)OCCN2C(=O)OC(C)(C)C)C(C)C. The molecule has 1 amide bonds. The first kappa shape index (κ1) is 21.1. The van der Waals surface area contributed by atoms with Gasteiger partial charge in [0, 0.05) is 0 Å². The third kappa shape index (κ3) is 5.62. The minimum Gasteiger partial charge on any atom is -0.490 e. The third-order valence-corrected chi connectivity index (χ3v) is 4.39. The van der Waals surface area contributed by atoms with Crippen molar-refractivity contribution in [1.82, 2.24) is 0 Å². The smallest absolute Gasteiger partial charge is 0.415 e. The number of carbonyl (C=O) groups is 2. The van der Waals surface area contributed by atoms with E-state index in [4.69, 9.17) is 14.2 Å². The molecule has 1 heterocycles. The second-order valence-electron chi connectivity index (χ2n) is 8.07. The lowest BCUT2D eigenvalue weighted by atomic mass is 9.85. The first-order chi connectivity index (χ1) is 12.6. The van der Waals surface area contributed by atoms with Crippen molar-refractivity contribution in [1.29, 1.82) is 0 Å². The normalized spacial score (nSPS) is 15.0. The van der Waals surface area contributed by atoms with E-state index in [2.05, 4.69) is 13.8 Å². The lowest BCUT2D eigenvalue weighted by Crippen LogP contribution is -2.41. The molecule has 0 saturated carbocycles. The van der Waals surface area contributed by atoms with Crippen LogP contribution in [0.3, 0.4) is 0 Å². The number of nitrogens with zero attached hydrogens (tertiary/aromatic N) is 1. The Morgan fingerprint density at radius 1 is 1.26 bits per heavy atom. The predicted octanol–water partition coefficient (Wildman–Crippen LogP) is 4.51. The zero-order valence-electron chi connectivity index (χ0n) is 17.2. The van der Waals surface area contributed by atoms with Gasteiger partial charge < -0.3 is 14.2 Å². The standard InChI is InChI=1S/C21H31NO5/c1-7-25-19(23)13-16(14(2)3)15-8-9-17-18(12-15)26-11-10-22(17)20(24)27-21(4,5)6/h8-9,12,14,16H,7,10-11,13H2,1-6H3/t16-/m1/s1. The van der Waals surface area contributed by atoms with Crippen LogP contribution in [0.2, 0.25) is 0 Å². The van der Waals surface area contributed by atoms with E-state index < -0.39 is 5.60 Å². The minimum absolute atomic E-state index is 0.0230. The van der Waals surface area contributed by atoms with E-state index >= 15 is 0 Å². The van der Waals surface area contributed by atoms with Crippen LogP contribution in [0.1, 0.15) is 59.4 Å². The summed E-state index contributed by atoms with van der Waals surface area (Å²) >= 11 is 0. The van der Waals surface area contributed by atoms with Crippen molar-refractivity contribution in [2.24, 2.45) is 5.92 Å². The zero-order valence-corrected chi connectivity index (χ0v) is 17.2. The monoisotopic (exact) mass is 377 g/mol. The third-order valence-electron chi connectivity index (χ3n) is 4.39. The number of rotatable bonds is 5. The maximum Gasteiger partial charge on any atom is 0.415 e. The van der Waals surface area contributed by atoms with E-state index in [0.717, 1.165) is 5.56 Å². The van der Waals surface area contributed by atoms with Gasteiger partial charge in [0.25, 0.3) is 0 Å². The van der Waals surface area contributed by atoms with Crippen LogP contribution in [0.5, 0.6) is 5.75 Å². The van der Waals surface area contributed by atoms with Gasteiger partial charge in [-0.1, -0.05) is 19.9 Å². The van der Waals surface area contributed by atoms with Crippen LogP contribution in [0.15, 0.2) is 18.2 Å². The molecular formula is C21H31NO5. The van der Waals surface area contributed by atoms with Crippen LogP contribution in [0, 0.1) is 5.92 Å². The number of esters is 1. The summed E-state index contributed by atoms with van der Waals surface area (Å²) < 4.78 is 16.4. The molecule has 150 valence electrons. The minimum atomic E-state index is -0.558. The molecule has 1 aromatic carbocycles. The molecule has 6 nitrogen and oxygen atoms in total. The fourth-order valence-corrected chi connectivity index (χ4v) is 3.11. The predicted molar refractivity (Wildman–Crippen MR) is 104 cm³/mol. The van der Waals surface area contributed by atoms with Gasteiger partial charge in [0.2, 0.25) is 0 Å². The molecule has 0 spiro atoms. The second kappa shape index (κ2) is 8.63. The highest BCUT2D eigenvalue weighted by Gasteiger charge is 2.29. The average Bonchev–Trinajstić information content (AvgIpc) is 2.57. The van der Waals surface area contributed by atoms with Gasteiger partial charge in [-0.25, -0.2) is 4.79 Å². The van der Waals surface area contributed by atoms with E-state index in [1.165, 1.54) is 0 Å². The highest BCUT2D eigenvalue weighted by molar-refractivity contribution is 5.90. The molecule has 0 aliphatic carbocycles. The molecule has 0 unspecified atom stereocenters. The summed E-state index contributed by atoms with van der Waals surface area (Å²) in [5, 5.41) is 0. The largest absolute Gasteiger partial charge is 0.490 e. The summed E-state index contributed by atoms with van der Waals surface area (Å²) in [7, 11) is 0. The highest BCUT2D eigenvalue weighted by atomic mass is 16.6. The Morgan fingerprint density at radius 3 is 2.56 bits per heavy atom. The number of hydrogen-bond donors (Lipinski definition) is 0. The molecule has 0 bridgehead atoms. The van der Waals surface area contributed by atoms with E-state index in [-0.39, 0.29) is 23.9 Å². The number of anilines is 1. The molecule has 1 aliphatic rings. The zero-order chi connectivity index (χ0) is 20.2. The topological polar surface area (TPSA) is 65.1 Å². The Labute approximate surface area is 161 Å². The van der Waals surface area contributed by atoms with Crippen molar-refractivity contribution in [3.05, 3.63) is 23.8 Å². The maximum absolute atomic E-state index is 12.5. The van der Waals surface area contributed by atoms with Gasteiger partial charge in [0.05, 0.1) is 25.3 Å². The van der Waals surface area contributed by atoms with Crippen LogP contribution >= 0.6 is 0 Å². The summed E-state index contributed by atoms with van der Waals surface area (Å²) in [5.74, 6) is 0.720. The number of benzene rings is 1. The first-order valence-electron chi connectivity index (χ1n) is 9.55. The Balaban J connectivity index is 2.26. The summed E-state index contributed by atoms with van der Waals surface area (Å²) in [6.45, 7) is 12.7. The van der Waals surface area contributed by atoms with Gasteiger partial charge >= 0.3 is 12.1 Å². The molecule has 6 heteroatoms. The highest BCUT2D eigenvalue weighted by Crippen LogP contribution is 2.38. The summed E-state index contributed by atoms with van der Waals surface area (Å²) in [6, 6.07) is 5.75. The lowest BCUT2D eigenvalue weighted by molar-refractivity contribution is -0.143. The van der Waals surface area contributed by atoms with Crippen LogP contribution in [0.25, 0.3) is 0 Å². The van der Waals surface area contributed by atoms with Gasteiger partial charge in [-0.05, 0) is 57.2 Å². The molecule has 0 radical (unpaired) electrons. The molecule has 1 aromatic rings. The summed E-state index contributed by atoms with van der Waals surface area (Å²) in [5.41, 5.74) is 1.14. The van der Waals surface area contributed by atoms with Crippen LogP contribution in [0.4, 0.5) is 10.5 Å². The Bertz CT molecular complexity index is 678. The van der Waals surface area contributed by atoms with Gasteiger partial charge in [-0.2, -0.15) is 0 Å². The van der Waals surface area contributed by atoms with Gasteiger partial charge in [0.15, 0.2) is 0 Å². The molecule has 1 aliphatic heterocycles. The van der Waals surface area contributed by atoms with Crippen molar-refractivity contribution in [2.75, 3.05) is 24.7 Å². The second-order valence-corrected chi connectivity index (χ2v) is 8.07.